The summed E-state index contributed by atoms with van der Waals surface area (Å²) in [5, 5.41) is 0. The number of hydrogen-bond donors (Lipinski definition) is 0. The molecule has 0 fully saturated rings. The SMILES string of the molecule is CC=C=CC=C=CCC. The minimum atomic E-state index is 1.04. The summed E-state index contributed by atoms with van der Waals surface area (Å²) in [5.74, 6) is 0. The minimum absolute atomic E-state index is 1.04. The molecule has 0 aliphatic carbocycles. The zero-order valence-corrected chi connectivity index (χ0v) is 6.02. The van der Waals surface area contributed by atoms with E-state index in [0.717, 1.165) is 6.42 Å². The van der Waals surface area contributed by atoms with Crippen LogP contribution >= 0.6 is 0 Å². The maximum Gasteiger partial charge on any atom is -0.0126 e. The van der Waals surface area contributed by atoms with Crippen molar-refractivity contribution in [3.8, 4) is 0 Å². The van der Waals surface area contributed by atoms with Crippen LogP contribution in [0.25, 0.3) is 0 Å². The van der Waals surface area contributed by atoms with E-state index in [1.54, 1.807) is 0 Å². The normalized spacial score (nSPS) is 6.44. The fourth-order valence-corrected chi connectivity index (χ4v) is 0.378. The highest BCUT2D eigenvalue weighted by Crippen LogP contribution is 1.75. The molecule has 0 radical (unpaired) electrons. The van der Waals surface area contributed by atoms with Gasteiger partial charge in [-0.1, -0.05) is 6.92 Å². The Kier molecular flexibility index (Phi) is 6.29. The third-order valence-corrected chi connectivity index (χ3v) is 0.764. The molecule has 0 heterocycles. The van der Waals surface area contributed by atoms with Gasteiger partial charge in [-0.05, 0) is 37.6 Å². The first kappa shape index (κ1) is 8.04. The molecule has 48 valence electrons. The van der Waals surface area contributed by atoms with Crippen molar-refractivity contribution >= 4 is 0 Å². The van der Waals surface area contributed by atoms with Crippen LogP contribution in [0.3, 0.4) is 0 Å². The average Bonchev–Trinajstić information content (AvgIpc) is 1.89. The Balaban J connectivity index is 3.73. The molecule has 0 aliphatic heterocycles. The maximum atomic E-state index is 2.98. The summed E-state index contributed by atoms with van der Waals surface area (Å²) < 4.78 is 0. The zero-order chi connectivity index (χ0) is 6.95. The van der Waals surface area contributed by atoms with Gasteiger partial charge < -0.3 is 0 Å². The Morgan fingerprint density at radius 1 is 1.22 bits per heavy atom. The minimum Gasteiger partial charge on any atom is -0.125 e. The van der Waals surface area contributed by atoms with Gasteiger partial charge in [0.2, 0.25) is 0 Å². The Morgan fingerprint density at radius 3 is 2.44 bits per heavy atom. The Morgan fingerprint density at radius 2 is 1.89 bits per heavy atom. The van der Waals surface area contributed by atoms with Gasteiger partial charge in [-0.3, -0.25) is 0 Å². The van der Waals surface area contributed by atoms with Gasteiger partial charge in [0.15, 0.2) is 0 Å². The van der Waals surface area contributed by atoms with E-state index in [1.807, 2.05) is 31.2 Å². The van der Waals surface area contributed by atoms with Gasteiger partial charge in [-0.2, -0.15) is 0 Å². The van der Waals surface area contributed by atoms with Crippen LogP contribution in [0.15, 0.2) is 35.8 Å². The number of rotatable bonds is 2. The van der Waals surface area contributed by atoms with Crippen LogP contribution in [0, 0.1) is 0 Å². The standard InChI is InChI=1S/C9H12/c1-3-5-7-9-8-6-4-2/h3,6-7,9H,4H2,1-2H3. The lowest BCUT2D eigenvalue weighted by atomic mass is 10.4. The van der Waals surface area contributed by atoms with Gasteiger partial charge >= 0.3 is 0 Å². The molecular weight excluding hydrogens is 108 g/mol. The van der Waals surface area contributed by atoms with E-state index in [0.29, 0.717) is 0 Å². The van der Waals surface area contributed by atoms with Crippen LogP contribution in [0.2, 0.25) is 0 Å². The third kappa shape index (κ3) is 7.04. The molecule has 0 aromatic carbocycles. The van der Waals surface area contributed by atoms with E-state index in [1.165, 1.54) is 0 Å². The van der Waals surface area contributed by atoms with Gasteiger partial charge in [-0.15, -0.1) is 11.5 Å². The van der Waals surface area contributed by atoms with Crippen molar-refractivity contribution in [2.45, 2.75) is 20.3 Å². The molecule has 0 N–H and O–H groups in total. The second-order valence-electron chi connectivity index (χ2n) is 1.57. The van der Waals surface area contributed by atoms with Crippen LogP contribution in [-0.4, -0.2) is 0 Å². The zero-order valence-electron chi connectivity index (χ0n) is 6.02. The van der Waals surface area contributed by atoms with E-state index in [-0.39, 0.29) is 0 Å². The van der Waals surface area contributed by atoms with E-state index in [9.17, 15) is 0 Å². The quantitative estimate of drug-likeness (QED) is 0.388. The first-order chi connectivity index (χ1) is 4.41. The van der Waals surface area contributed by atoms with Crippen LogP contribution < -0.4 is 0 Å². The van der Waals surface area contributed by atoms with Crippen molar-refractivity contribution in [3.05, 3.63) is 35.8 Å². The molecule has 0 nitrogen and oxygen atoms in total. The molecule has 0 unspecified atom stereocenters. The van der Waals surface area contributed by atoms with E-state index in [4.69, 9.17) is 0 Å². The van der Waals surface area contributed by atoms with Gasteiger partial charge in [0, 0.05) is 0 Å². The summed E-state index contributed by atoms with van der Waals surface area (Å²) in [6.07, 6.45) is 8.58. The second-order valence-corrected chi connectivity index (χ2v) is 1.57. The maximum absolute atomic E-state index is 2.98. The van der Waals surface area contributed by atoms with Gasteiger partial charge in [0.05, 0.1) is 0 Å². The smallest absolute Gasteiger partial charge is 0.0126 e. The highest BCUT2D eigenvalue weighted by atomic mass is 13.6. The topological polar surface area (TPSA) is 0 Å². The van der Waals surface area contributed by atoms with Crippen molar-refractivity contribution in [1.29, 1.82) is 0 Å². The van der Waals surface area contributed by atoms with Crippen LogP contribution in [0.1, 0.15) is 20.3 Å². The van der Waals surface area contributed by atoms with E-state index in [2.05, 4.69) is 18.4 Å². The largest absolute Gasteiger partial charge is 0.125 e. The molecule has 0 aromatic heterocycles. The molecule has 0 saturated carbocycles. The molecule has 0 spiro atoms. The van der Waals surface area contributed by atoms with Gasteiger partial charge in [0.1, 0.15) is 0 Å². The van der Waals surface area contributed by atoms with Crippen molar-refractivity contribution in [3.63, 3.8) is 0 Å². The lowest BCUT2D eigenvalue weighted by molar-refractivity contribution is 1.23. The predicted octanol–water partition coefficient (Wildman–Crippen LogP) is 2.84. The van der Waals surface area contributed by atoms with Crippen molar-refractivity contribution < 1.29 is 0 Å². The van der Waals surface area contributed by atoms with Crippen LogP contribution in [0.5, 0.6) is 0 Å². The average molecular weight is 120 g/mol. The summed E-state index contributed by atoms with van der Waals surface area (Å²) >= 11 is 0. The van der Waals surface area contributed by atoms with Gasteiger partial charge in [-0.25, -0.2) is 0 Å². The molecule has 0 rings (SSSR count). The van der Waals surface area contributed by atoms with Crippen molar-refractivity contribution in [2.24, 2.45) is 0 Å². The van der Waals surface area contributed by atoms with E-state index < -0.39 is 0 Å². The fraction of sp³-hybridized carbons (Fsp3) is 0.333. The van der Waals surface area contributed by atoms with Crippen LogP contribution in [0.4, 0.5) is 0 Å². The highest BCUT2D eigenvalue weighted by Gasteiger charge is 1.55. The Labute approximate surface area is 56.9 Å². The fourth-order valence-electron chi connectivity index (χ4n) is 0.378. The molecule has 0 heteroatoms. The summed E-state index contributed by atoms with van der Waals surface area (Å²) in [6.45, 7) is 4.02. The molecular formula is C9H12. The lowest BCUT2D eigenvalue weighted by Gasteiger charge is -1.64. The van der Waals surface area contributed by atoms with Crippen molar-refractivity contribution in [1.82, 2.24) is 0 Å². The molecule has 0 aliphatic rings. The predicted molar refractivity (Wildman–Crippen MR) is 41.3 cm³/mol. The summed E-state index contributed by atoms with van der Waals surface area (Å²) in [7, 11) is 0. The summed E-state index contributed by atoms with van der Waals surface area (Å²) in [6, 6.07) is 0. The number of allylic oxidation sites excluding steroid dienone is 2. The highest BCUT2D eigenvalue weighted by molar-refractivity contribution is 5.01. The summed E-state index contributed by atoms with van der Waals surface area (Å²) in [5.41, 5.74) is 5.90. The third-order valence-electron chi connectivity index (χ3n) is 0.764. The molecule has 9 heavy (non-hydrogen) atoms. The molecule has 0 saturated heterocycles. The van der Waals surface area contributed by atoms with E-state index >= 15 is 0 Å². The first-order valence-electron chi connectivity index (χ1n) is 3.18. The number of hydrogen-bond acceptors (Lipinski definition) is 0. The molecule has 0 aromatic rings. The summed E-state index contributed by atoms with van der Waals surface area (Å²) in [4.78, 5) is 0. The monoisotopic (exact) mass is 120 g/mol. The molecule has 0 bridgehead atoms. The van der Waals surface area contributed by atoms with Gasteiger partial charge in [0.25, 0.3) is 0 Å². The lowest BCUT2D eigenvalue weighted by Crippen LogP contribution is -1.44. The first-order valence-corrected chi connectivity index (χ1v) is 3.18. The Bertz CT molecular complexity index is 160. The second kappa shape index (κ2) is 7.04. The molecule has 0 atom stereocenters. The van der Waals surface area contributed by atoms with Crippen LogP contribution in [-0.2, 0) is 0 Å². The van der Waals surface area contributed by atoms with Crippen molar-refractivity contribution in [2.75, 3.05) is 0 Å². The molecule has 0 amide bonds. The Hall–Kier alpha value is -0.960.